The van der Waals surface area contributed by atoms with Crippen molar-refractivity contribution >= 4 is 5.91 Å². The van der Waals surface area contributed by atoms with Crippen molar-refractivity contribution in [3.63, 3.8) is 0 Å². The Balaban J connectivity index is 3.28. The molecule has 14 heavy (non-hydrogen) atoms. The molecule has 1 amide bonds. The standard InChI is InChI=1S/C10H23N3O/c1-9(2)11-6-5-10(14)12-7-8-13(3)4/h9,11H,5-8H2,1-4H3,(H,12,14). The van der Waals surface area contributed by atoms with E-state index in [1.54, 1.807) is 0 Å². The van der Waals surface area contributed by atoms with Crippen molar-refractivity contribution in [2.75, 3.05) is 33.7 Å². The Morgan fingerprint density at radius 2 is 1.93 bits per heavy atom. The molecule has 0 aromatic heterocycles. The zero-order chi connectivity index (χ0) is 11.0. The van der Waals surface area contributed by atoms with Gasteiger partial charge in [0.2, 0.25) is 5.91 Å². The summed E-state index contributed by atoms with van der Waals surface area (Å²) in [5.74, 6) is 0.125. The van der Waals surface area contributed by atoms with E-state index < -0.39 is 0 Å². The number of rotatable bonds is 7. The third kappa shape index (κ3) is 9.48. The van der Waals surface area contributed by atoms with Gasteiger partial charge in [-0.15, -0.1) is 0 Å². The molecule has 4 nitrogen and oxygen atoms in total. The van der Waals surface area contributed by atoms with E-state index in [9.17, 15) is 4.79 Å². The van der Waals surface area contributed by atoms with Gasteiger partial charge >= 0.3 is 0 Å². The van der Waals surface area contributed by atoms with Crippen molar-refractivity contribution in [1.29, 1.82) is 0 Å². The van der Waals surface area contributed by atoms with E-state index in [2.05, 4.69) is 24.5 Å². The van der Waals surface area contributed by atoms with Gasteiger partial charge in [-0.25, -0.2) is 0 Å². The summed E-state index contributed by atoms with van der Waals surface area (Å²) < 4.78 is 0. The van der Waals surface area contributed by atoms with Crippen LogP contribution in [-0.4, -0.2) is 50.6 Å². The van der Waals surface area contributed by atoms with Crippen LogP contribution in [0.25, 0.3) is 0 Å². The van der Waals surface area contributed by atoms with Gasteiger partial charge < -0.3 is 15.5 Å². The predicted molar refractivity (Wildman–Crippen MR) is 59.3 cm³/mol. The van der Waals surface area contributed by atoms with Gasteiger partial charge in [0.25, 0.3) is 0 Å². The fourth-order valence-corrected chi connectivity index (χ4v) is 0.982. The lowest BCUT2D eigenvalue weighted by Crippen LogP contribution is -2.34. The normalized spacial score (nSPS) is 11.0. The molecule has 0 rings (SSSR count). The van der Waals surface area contributed by atoms with E-state index in [0.29, 0.717) is 12.5 Å². The summed E-state index contributed by atoms with van der Waals surface area (Å²) in [4.78, 5) is 13.3. The summed E-state index contributed by atoms with van der Waals surface area (Å²) in [6, 6.07) is 0.449. The number of hydrogen-bond acceptors (Lipinski definition) is 3. The van der Waals surface area contributed by atoms with Crippen LogP contribution < -0.4 is 10.6 Å². The molecule has 0 saturated carbocycles. The quantitative estimate of drug-likeness (QED) is 0.612. The molecule has 0 aliphatic heterocycles. The third-order valence-electron chi connectivity index (χ3n) is 1.79. The maximum absolute atomic E-state index is 11.2. The molecule has 0 aromatic rings. The highest BCUT2D eigenvalue weighted by atomic mass is 16.1. The highest BCUT2D eigenvalue weighted by Crippen LogP contribution is 1.81. The molecule has 0 unspecified atom stereocenters. The van der Waals surface area contributed by atoms with Crippen LogP contribution in [0.1, 0.15) is 20.3 Å². The number of amides is 1. The first kappa shape index (κ1) is 13.4. The second-order valence-corrected chi connectivity index (χ2v) is 4.01. The van der Waals surface area contributed by atoms with E-state index in [1.807, 2.05) is 19.0 Å². The number of nitrogens with zero attached hydrogens (tertiary/aromatic N) is 1. The minimum Gasteiger partial charge on any atom is -0.355 e. The number of carbonyl (C=O) groups excluding carboxylic acids is 1. The molecule has 0 saturated heterocycles. The second-order valence-electron chi connectivity index (χ2n) is 4.01. The van der Waals surface area contributed by atoms with Gasteiger partial charge in [0, 0.05) is 32.1 Å². The smallest absolute Gasteiger partial charge is 0.221 e. The third-order valence-corrected chi connectivity index (χ3v) is 1.79. The molecule has 0 atom stereocenters. The topological polar surface area (TPSA) is 44.4 Å². The Labute approximate surface area is 87.0 Å². The Morgan fingerprint density at radius 3 is 2.43 bits per heavy atom. The maximum Gasteiger partial charge on any atom is 0.221 e. The van der Waals surface area contributed by atoms with Gasteiger partial charge in [-0.3, -0.25) is 4.79 Å². The molecule has 2 N–H and O–H groups in total. The zero-order valence-corrected chi connectivity index (χ0v) is 9.76. The van der Waals surface area contributed by atoms with Crippen molar-refractivity contribution in [3.05, 3.63) is 0 Å². The molecule has 4 heteroatoms. The summed E-state index contributed by atoms with van der Waals surface area (Å²) in [6.07, 6.45) is 0.561. The first-order valence-corrected chi connectivity index (χ1v) is 5.17. The van der Waals surface area contributed by atoms with E-state index >= 15 is 0 Å². The molecule has 0 aliphatic carbocycles. The van der Waals surface area contributed by atoms with Gasteiger partial charge in [-0.1, -0.05) is 13.8 Å². The van der Waals surface area contributed by atoms with Crippen molar-refractivity contribution in [2.24, 2.45) is 0 Å². The largest absolute Gasteiger partial charge is 0.355 e. The molecule has 0 fully saturated rings. The Kier molecular flexibility index (Phi) is 7.42. The van der Waals surface area contributed by atoms with Crippen molar-refractivity contribution < 1.29 is 4.79 Å². The molecule has 0 radical (unpaired) electrons. The zero-order valence-electron chi connectivity index (χ0n) is 9.76. The average molecular weight is 201 g/mol. The van der Waals surface area contributed by atoms with Crippen LogP contribution in [0.3, 0.4) is 0 Å². The van der Waals surface area contributed by atoms with Crippen LogP contribution >= 0.6 is 0 Å². The summed E-state index contributed by atoms with van der Waals surface area (Å²) in [6.45, 7) is 6.52. The molecular formula is C10H23N3O. The molecule has 0 bridgehead atoms. The van der Waals surface area contributed by atoms with Crippen LogP contribution in [0.4, 0.5) is 0 Å². The molecule has 0 heterocycles. The Bertz CT molecular complexity index is 141. The monoisotopic (exact) mass is 201 g/mol. The minimum atomic E-state index is 0.125. The fraction of sp³-hybridized carbons (Fsp3) is 0.900. The average Bonchev–Trinajstić information content (AvgIpc) is 2.02. The van der Waals surface area contributed by atoms with E-state index in [-0.39, 0.29) is 5.91 Å². The van der Waals surface area contributed by atoms with Gasteiger partial charge in [0.05, 0.1) is 0 Å². The molecule has 0 spiro atoms. The van der Waals surface area contributed by atoms with Crippen molar-refractivity contribution in [2.45, 2.75) is 26.3 Å². The lowest BCUT2D eigenvalue weighted by atomic mass is 10.3. The van der Waals surface area contributed by atoms with E-state index in [1.165, 1.54) is 0 Å². The number of carbonyl (C=O) groups is 1. The predicted octanol–water partition coefficient (Wildman–Crippen LogP) is 0.0523. The molecular weight excluding hydrogens is 178 g/mol. The van der Waals surface area contributed by atoms with Gasteiger partial charge in [-0.05, 0) is 14.1 Å². The lowest BCUT2D eigenvalue weighted by molar-refractivity contribution is -0.121. The van der Waals surface area contributed by atoms with Crippen LogP contribution in [-0.2, 0) is 4.79 Å². The molecule has 84 valence electrons. The second kappa shape index (κ2) is 7.76. The van der Waals surface area contributed by atoms with Gasteiger partial charge in [0.1, 0.15) is 0 Å². The van der Waals surface area contributed by atoms with Gasteiger partial charge in [-0.2, -0.15) is 0 Å². The lowest BCUT2D eigenvalue weighted by Gasteiger charge is -2.11. The Morgan fingerprint density at radius 1 is 1.29 bits per heavy atom. The highest BCUT2D eigenvalue weighted by Gasteiger charge is 2.00. The molecule has 0 aliphatic rings. The van der Waals surface area contributed by atoms with Gasteiger partial charge in [0.15, 0.2) is 0 Å². The first-order chi connectivity index (χ1) is 6.52. The minimum absolute atomic E-state index is 0.125. The summed E-state index contributed by atoms with van der Waals surface area (Å²) >= 11 is 0. The van der Waals surface area contributed by atoms with E-state index in [0.717, 1.165) is 19.6 Å². The van der Waals surface area contributed by atoms with Crippen LogP contribution in [0, 0.1) is 0 Å². The summed E-state index contributed by atoms with van der Waals surface area (Å²) in [7, 11) is 3.99. The number of hydrogen-bond donors (Lipinski definition) is 2. The van der Waals surface area contributed by atoms with Crippen LogP contribution in [0.2, 0.25) is 0 Å². The fourth-order valence-electron chi connectivity index (χ4n) is 0.982. The number of likely N-dealkylation sites (N-methyl/N-ethyl adjacent to an activating group) is 1. The summed E-state index contributed by atoms with van der Waals surface area (Å²) in [5.41, 5.74) is 0. The summed E-state index contributed by atoms with van der Waals surface area (Å²) in [5, 5.41) is 6.07. The first-order valence-electron chi connectivity index (χ1n) is 5.17. The van der Waals surface area contributed by atoms with Crippen LogP contribution in [0.15, 0.2) is 0 Å². The SMILES string of the molecule is CC(C)NCCC(=O)NCCN(C)C. The van der Waals surface area contributed by atoms with Crippen molar-refractivity contribution in [1.82, 2.24) is 15.5 Å². The van der Waals surface area contributed by atoms with E-state index in [4.69, 9.17) is 0 Å². The van der Waals surface area contributed by atoms with Crippen LogP contribution in [0.5, 0.6) is 0 Å². The van der Waals surface area contributed by atoms with Crippen molar-refractivity contribution in [3.8, 4) is 0 Å². The Hall–Kier alpha value is -0.610. The molecule has 0 aromatic carbocycles. The highest BCUT2D eigenvalue weighted by molar-refractivity contribution is 5.76. The maximum atomic E-state index is 11.2. The number of nitrogens with one attached hydrogen (secondary N) is 2.